The topological polar surface area (TPSA) is 69.9 Å². The molecule has 0 aliphatic heterocycles. The lowest BCUT2D eigenvalue weighted by atomic mass is 9.80. The van der Waals surface area contributed by atoms with Gasteiger partial charge < -0.3 is 20.1 Å². The van der Waals surface area contributed by atoms with Crippen molar-refractivity contribution in [3.8, 4) is 0 Å². The van der Waals surface area contributed by atoms with Gasteiger partial charge in [0.25, 0.3) is 0 Å². The van der Waals surface area contributed by atoms with Gasteiger partial charge in [0.05, 0.1) is 12.7 Å². The van der Waals surface area contributed by atoms with Crippen molar-refractivity contribution in [3.05, 3.63) is 35.9 Å². The third kappa shape index (κ3) is 8.83. The zero-order valence-corrected chi connectivity index (χ0v) is 13.0. The molecular weight excluding hydrogens is 268 g/mol. The molecule has 4 nitrogen and oxygen atoms in total. The molecule has 0 heterocycles. The summed E-state index contributed by atoms with van der Waals surface area (Å²) in [6.07, 6.45) is 4.87. The molecule has 1 fully saturated rings. The van der Waals surface area contributed by atoms with Gasteiger partial charge in [-0.2, -0.15) is 0 Å². The molecule has 3 N–H and O–H groups in total. The van der Waals surface area contributed by atoms with E-state index in [0.717, 1.165) is 6.42 Å². The predicted octanol–water partition coefficient (Wildman–Crippen LogP) is 2.46. The molecule has 21 heavy (non-hydrogen) atoms. The van der Waals surface area contributed by atoms with E-state index >= 15 is 0 Å². The molecule has 1 atom stereocenters. The van der Waals surface area contributed by atoms with Crippen LogP contribution in [0.5, 0.6) is 0 Å². The Morgan fingerprint density at radius 3 is 2.19 bits per heavy atom. The summed E-state index contributed by atoms with van der Waals surface area (Å²) < 4.78 is 5.91. The van der Waals surface area contributed by atoms with E-state index in [9.17, 15) is 0 Å². The normalized spacial score (nSPS) is 16.6. The molecule has 0 aromatic heterocycles. The van der Waals surface area contributed by atoms with E-state index in [1.807, 2.05) is 18.2 Å². The Labute approximate surface area is 127 Å². The molecule has 0 radical (unpaired) electrons. The van der Waals surface area contributed by atoms with Crippen molar-refractivity contribution in [2.45, 2.75) is 58.0 Å². The van der Waals surface area contributed by atoms with Gasteiger partial charge in [-0.15, -0.1) is 0 Å². The Morgan fingerprint density at radius 2 is 1.76 bits per heavy atom. The molecular formula is C17H28O4. The summed E-state index contributed by atoms with van der Waals surface area (Å²) in [5.41, 5.74) is 1.21. The van der Waals surface area contributed by atoms with Crippen LogP contribution in [-0.2, 0) is 11.3 Å². The van der Waals surface area contributed by atoms with Crippen LogP contribution in [0.1, 0.15) is 45.1 Å². The lowest BCUT2D eigenvalue weighted by molar-refractivity contribution is -0.127. The second kappa shape index (κ2) is 9.15. The van der Waals surface area contributed by atoms with Gasteiger partial charge in [0.2, 0.25) is 0 Å². The lowest BCUT2D eigenvalue weighted by Crippen LogP contribution is -2.30. The van der Waals surface area contributed by atoms with E-state index in [-0.39, 0.29) is 12.7 Å². The molecule has 1 unspecified atom stereocenters. The minimum absolute atomic E-state index is 0.232. The van der Waals surface area contributed by atoms with Crippen LogP contribution in [0, 0.1) is 5.92 Å². The fraction of sp³-hybridized carbons (Fsp3) is 0.647. The molecule has 0 saturated heterocycles. The number of aliphatic hydroxyl groups is 3. The zero-order valence-electron chi connectivity index (χ0n) is 13.0. The molecule has 1 aliphatic carbocycles. The van der Waals surface area contributed by atoms with Crippen molar-refractivity contribution in [1.29, 1.82) is 0 Å². The van der Waals surface area contributed by atoms with Crippen molar-refractivity contribution >= 4 is 0 Å². The second-order valence-corrected chi connectivity index (χ2v) is 6.03. The van der Waals surface area contributed by atoms with Crippen molar-refractivity contribution < 1.29 is 20.1 Å². The van der Waals surface area contributed by atoms with Crippen LogP contribution in [-0.4, -0.2) is 33.8 Å². The third-order valence-electron chi connectivity index (χ3n) is 3.40. The maximum atomic E-state index is 9.02. The number of benzene rings is 1. The smallest absolute Gasteiger partial charge is 0.156 e. The first kappa shape index (κ1) is 18.1. The molecule has 1 aromatic rings. The maximum absolute atomic E-state index is 9.02. The average Bonchev–Trinajstić information content (AvgIpc) is 2.33. The zero-order chi connectivity index (χ0) is 15.7. The Kier molecular flexibility index (Phi) is 7.89. The Hall–Kier alpha value is -0.940. The first-order valence-corrected chi connectivity index (χ1v) is 7.61. The summed E-state index contributed by atoms with van der Waals surface area (Å²) >= 11 is 0. The summed E-state index contributed by atoms with van der Waals surface area (Å²) in [4.78, 5) is 0. The highest BCUT2D eigenvalue weighted by Gasteiger charge is 2.27. The van der Waals surface area contributed by atoms with E-state index in [1.54, 1.807) is 0 Å². The van der Waals surface area contributed by atoms with E-state index < -0.39 is 5.79 Å². The molecule has 1 aliphatic rings. The highest BCUT2D eigenvalue weighted by atomic mass is 16.5. The van der Waals surface area contributed by atoms with Crippen LogP contribution in [0.3, 0.4) is 0 Å². The van der Waals surface area contributed by atoms with Crippen LogP contribution in [0.15, 0.2) is 30.3 Å². The average molecular weight is 296 g/mol. The van der Waals surface area contributed by atoms with Gasteiger partial charge >= 0.3 is 0 Å². The Balaban J connectivity index is 0.000000383. The van der Waals surface area contributed by atoms with Gasteiger partial charge in [-0.3, -0.25) is 0 Å². The van der Waals surface area contributed by atoms with E-state index in [2.05, 4.69) is 12.1 Å². The molecule has 4 heteroatoms. The summed E-state index contributed by atoms with van der Waals surface area (Å²) in [7, 11) is 0. The highest BCUT2D eigenvalue weighted by molar-refractivity contribution is 5.13. The summed E-state index contributed by atoms with van der Waals surface area (Å²) in [5.74, 6) is -0.823. The van der Waals surface area contributed by atoms with Crippen molar-refractivity contribution in [1.82, 2.24) is 0 Å². The highest BCUT2D eigenvalue weighted by Crippen LogP contribution is 2.32. The fourth-order valence-corrected chi connectivity index (χ4v) is 2.17. The Morgan fingerprint density at radius 1 is 1.19 bits per heavy atom. The largest absolute Gasteiger partial charge is 0.396 e. The number of ether oxygens (including phenoxy) is 1. The van der Waals surface area contributed by atoms with Crippen LogP contribution in [0.25, 0.3) is 0 Å². The summed E-state index contributed by atoms with van der Waals surface area (Å²) in [6, 6.07) is 10.2. The van der Waals surface area contributed by atoms with E-state index in [1.165, 1.54) is 38.7 Å². The van der Waals surface area contributed by atoms with Crippen molar-refractivity contribution in [2.75, 3.05) is 6.61 Å². The number of hydrogen-bond donors (Lipinski definition) is 3. The quantitative estimate of drug-likeness (QED) is 0.705. The minimum atomic E-state index is -1.50. The van der Waals surface area contributed by atoms with Gasteiger partial charge in [-0.1, -0.05) is 36.8 Å². The molecule has 1 aromatic carbocycles. The van der Waals surface area contributed by atoms with Gasteiger partial charge in [0.1, 0.15) is 0 Å². The first-order valence-electron chi connectivity index (χ1n) is 7.61. The minimum Gasteiger partial charge on any atom is -0.396 e. The third-order valence-corrected chi connectivity index (χ3v) is 3.40. The van der Waals surface area contributed by atoms with Crippen LogP contribution < -0.4 is 0 Å². The molecule has 0 amide bonds. The molecule has 0 bridgehead atoms. The molecule has 120 valence electrons. The summed E-state index contributed by atoms with van der Waals surface area (Å²) in [6.45, 7) is 3.50. The SMILES string of the molecule is CC(C)(O)O.OCCC(OCc1ccccc1)C1CCC1. The second-order valence-electron chi connectivity index (χ2n) is 6.03. The molecule has 2 rings (SSSR count). The number of rotatable bonds is 6. The van der Waals surface area contributed by atoms with E-state index in [0.29, 0.717) is 12.5 Å². The van der Waals surface area contributed by atoms with Crippen LogP contribution in [0.2, 0.25) is 0 Å². The summed E-state index contributed by atoms with van der Waals surface area (Å²) in [5, 5.41) is 25.2. The fourth-order valence-electron chi connectivity index (χ4n) is 2.17. The van der Waals surface area contributed by atoms with Gasteiger partial charge in [-0.25, -0.2) is 0 Å². The van der Waals surface area contributed by atoms with Crippen molar-refractivity contribution in [2.24, 2.45) is 5.92 Å². The number of aliphatic hydroxyl groups excluding tert-OH is 1. The van der Waals surface area contributed by atoms with Crippen LogP contribution in [0.4, 0.5) is 0 Å². The van der Waals surface area contributed by atoms with Crippen LogP contribution >= 0.6 is 0 Å². The van der Waals surface area contributed by atoms with Gasteiger partial charge in [0, 0.05) is 6.61 Å². The standard InChI is InChI=1S/C14H20O2.C3H8O2/c15-10-9-14(13-7-4-8-13)16-11-12-5-2-1-3-6-12;1-3(2,4)5/h1-3,5-6,13-15H,4,7-11H2;4-5H,1-2H3. The lowest BCUT2D eigenvalue weighted by Gasteiger charge is -2.33. The molecule has 1 saturated carbocycles. The van der Waals surface area contributed by atoms with E-state index in [4.69, 9.17) is 20.1 Å². The molecule has 0 spiro atoms. The Bertz CT molecular complexity index is 362. The monoisotopic (exact) mass is 296 g/mol. The van der Waals surface area contributed by atoms with Crippen molar-refractivity contribution in [3.63, 3.8) is 0 Å². The first-order chi connectivity index (χ1) is 9.90. The predicted molar refractivity (Wildman–Crippen MR) is 82.6 cm³/mol. The number of hydrogen-bond acceptors (Lipinski definition) is 4. The van der Waals surface area contributed by atoms with Gasteiger partial charge in [-0.05, 0) is 44.6 Å². The van der Waals surface area contributed by atoms with Gasteiger partial charge in [0.15, 0.2) is 5.79 Å². The maximum Gasteiger partial charge on any atom is 0.156 e.